The molecule has 0 aromatic heterocycles. The van der Waals surface area contributed by atoms with Crippen molar-refractivity contribution < 1.29 is 14.3 Å². The number of Topliss-reactive ketones (excluding diaryl/α,β-unsaturated/α-hetero) is 1. The van der Waals surface area contributed by atoms with E-state index in [-0.39, 0.29) is 17.6 Å². The van der Waals surface area contributed by atoms with Gasteiger partial charge in [-0.2, -0.15) is 0 Å². The molecule has 0 aliphatic heterocycles. The third-order valence-corrected chi connectivity index (χ3v) is 3.22. The summed E-state index contributed by atoms with van der Waals surface area (Å²) < 4.78 is 11.1. The van der Waals surface area contributed by atoms with E-state index in [0.29, 0.717) is 25.4 Å². The van der Waals surface area contributed by atoms with Crippen LogP contribution in [0.4, 0.5) is 0 Å². The van der Waals surface area contributed by atoms with Crippen LogP contribution in [-0.4, -0.2) is 25.3 Å². The molecule has 1 rings (SSSR count). The fourth-order valence-electron chi connectivity index (χ4n) is 2.32. The van der Waals surface area contributed by atoms with Gasteiger partial charge in [-0.3, -0.25) is 4.79 Å². The highest BCUT2D eigenvalue weighted by molar-refractivity contribution is 5.82. The van der Waals surface area contributed by atoms with E-state index in [1.165, 1.54) is 0 Å². The van der Waals surface area contributed by atoms with E-state index >= 15 is 0 Å². The van der Waals surface area contributed by atoms with Gasteiger partial charge >= 0.3 is 0 Å². The van der Waals surface area contributed by atoms with E-state index in [2.05, 4.69) is 13.8 Å². The number of carbonyl (C=O) groups is 1. The smallest absolute Gasteiger partial charge is 0.167 e. The second-order valence-electron chi connectivity index (χ2n) is 5.22. The average molecular weight is 228 g/mol. The summed E-state index contributed by atoms with van der Waals surface area (Å²) in [6.45, 7) is 9.47. The molecular weight excluding hydrogens is 204 g/mol. The van der Waals surface area contributed by atoms with Crippen molar-refractivity contribution in [3.05, 3.63) is 0 Å². The van der Waals surface area contributed by atoms with Gasteiger partial charge in [-0.05, 0) is 32.1 Å². The number of hydrogen-bond donors (Lipinski definition) is 0. The van der Waals surface area contributed by atoms with Gasteiger partial charge in [0, 0.05) is 19.6 Å². The zero-order chi connectivity index (χ0) is 12.2. The second-order valence-corrected chi connectivity index (χ2v) is 5.22. The van der Waals surface area contributed by atoms with Crippen LogP contribution in [0.3, 0.4) is 0 Å². The maximum Gasteiger partial charge on any atom is 0.167 e. The van der Waals surface area contributed by atoms with Gasteiger partial charge in [0.15, 0.2) is 6.29 Å². The van der Waals surface area contributed by atoms with Gasteiger partial charge in [0.05, 0.1) is 5.92 Å². The summed E-state index contributed by atoms with van der Waals surface area (Å²) >= 11 is 0. The minimum absolute atomic E-state index is 0.0800. The summed E-state index contributed by atoms with van der Waals surface area (Å²) in [5.41, 5.74) is 0.227. The molecule has 0 heterocycles. The molecule has 0 radical (unpaired) electrons. The lowest BCUT2D eigenvalue weighted by Crippen LogP contribution is -2.40. The molecule has 1 saturated carbocycles. The van der Waals surface area contributed by atoms with E-state index < -0.39 is 0 Å². The van der Waals surface area contributed by atoms with Crippen LogP contribution in [0.15, 0.2) is 0 Å². The molecule has 0 aromatic rings. The summed E-state index contributed by atoms with van der Waals surface area (Å²) in [6.07, 6.45) is 2.17. The monoisotopic (exact) mass is 228 g/mol. The first kappa shape index (κ1) is 13.7. The van der Waals surface area contributed by atoms with Crippen molar-refractivity contribution in [2.45, 2.75) is 53.2 Å². The van der Waals surface area contributed by atoms with Crippen LogP contribution in [0.25, 0.3) is 0 Å². The minimum Gasteiger partial charge on any atom is -0.352 e. The van der Waals surface area contributed by atoms with Crippen molar-refractivity contribution in [1.82, 2.24) is 0 Å². The summed E-state index contributed by atoms with van der Waals surface area (Å²) in [5.74, 6) is 0.217. The molecule has 1 aliphatic rings. The van der Waals surface area contributed by atoms with Gasteiger partial charge in [-0.25, -0.2) is 0 Å². The molecule has 3 heteroatoms. The lowest BCUT2D eigenvalue weighted by Gasteiger charge is -2.37. The number of rotatable bonds is 5. The highest BCUT2D eigenvalue weighted by Crippen LogP contribution is 2.38. The van der Waals surface area contributed by atoms with Crippen molar-refractivity contribution >= 4 is 5.78 Å². The van der Waals surface area contributed by atoms with Crippen LogP contribution in [0.2, 0.25) is 0 Å². The van der Waals surface area contributed by atoms with Gasteiger partial charge in [-0.15, -0.1) is 0 Å². The van der Waals surface area contributed by atoms with Crippen LogP contribution in [-0.2, 0) is 14.3 Å². The molecule has 1 aliphatic carbocycles. The number of ether oxygens (including phenoxy) is 2. The fourth-order valence-corrected chi connectivity index (χ4v) is 2.32. The molecule has 0 saturated heterocycles. The average Bonchev–Trinajstić information content (AvgIpc) is 2.22. The van der Waals surface area contributed by atoms with Crippen LogP contribution >= 0.6 is 0 Å². The summed E-state index contributed by atoms with van der Waals surface area (Å²) in [4.78, 5) is 11.9. The maximum atomic E-state index is 11.9. The minimum atomic E-state index is -0.345. The highest BCUT2D eigenvalue weighted by Gasteiger charge is 2.38. The Morgan fingerprint density at radius 3 is 2.38 bits per heavy atom. The molecule has 1 fully saturated rings. The Morgan fingerprint density at radius 1 is 1.31 bits per heavy atom. The fraction of sp³-hybridized carbons (Fsp3) is 0.923. The zero-order valence-corrected chi connectivity index (χ0v) is 10.9. The van der Waals surface area contributed by atoms with E-state index in [1.807, 2.05) is 13.8 Å². The van der Waals surface area contributed by atoms with Crippen LogP contribution < -0.4 is 0 Å². The molecule has 1 atom stereocenters. The predicted molar refractivity (Wildman–Crippen MR) is 63.2 cm³/mol. The van der Waals surface area contributed by atoms with Gasteiger partial charge < -0.3 is 9.47 Å². The van der Waals surface area contributed by atoms with Gasteiger partial charge in [0.2, 0.25) is 0 Å². The van der Waals surface area contributed by atoms with Gasteiger partial charge in [0.1, 0.15) is 5.78 Å². The summed E-state index contributed by atoms with van der Waals surface area (Å²) in [7, 11) is 0. The van der Waals surface area contributed by atoms with Gasteiger partial charge in [0.25, 0.3) is 0 Å². The van der Waals surface area contributed by atoms with Crippen molar-refractivity contribution in [3.8, 4) is 0 Å². The standard InChI is InChI=1S/C13H24O3/c1-5-15-12(16-6-2)10-9-13(3,4)8-7-11(10)14/h10,12H,5-9H2,1-4H3. The lowest BCUT2D eigenvalue weighted by molar-refractivity contribution is -0.183. The molecule has 0 spiro atoms. The Morgan fingerprint density at radius 2 is 1.88 bits per heavy atom. The molecule has 1 unspecified atom stereocenters. The number of ketones is 1. The SMILES string of the molecule is CCOC(OCC)C1CC(C)(C)CCC1=O. The van der Waals surface area contributed by atoms with E-state index in [1.54, 1.807) is 0 Å². The number of hydrogen-bond acceptors (Lipinski definition) is 3. The van der Waals surface area contributed by atoms with E-state index in [4.69, 9.17) is 9.47 Å². The van der Waals surface area contributed by atoms with Crippen molar-refractivity contribution in [1.29, 1.82) is 0 Å². The molecule has 16 heavy (non-hydrogen) atoms. The topological polar surface area (TPSA) is 35.5 Å². The summed E-state index contributed by atoms with van der Waals surface area (Å²) in [5, 5.41) is 0. The second kappa shape index (κ2) is 5.78. The molecule has 0 amide bonds. The highest BCUT2D eigenvalue weighted by atomic mass is 16.7. The Hall–Kier alpha value is -0.410. The Bertz CT molecular complexity index is 229. The van der Waals surface area contributed by atoms with Crippen LogP contribution in [0, 0.1) is 11.3 Å². The third kappa shape index (κ3) is 3.56. The zero-order valence-electron chi connectivity index (χ0n) is 10.9. The first-order valence-electron chi connectivity index (χ1n) is 6.26. The first-order chi connectivity index (χ1) is 7.50. The normalized spacial score (nSPS) is 25.1. The van der Waals surface area contributed by atoms with E-state index in [0.717, 1.165) is 12.8 Å². The van der Waals surface area contributed by atoms with Crippen LogP contribution in [0.5, 0.6) is 0 Å². The number of carbonyl (C=O) groups excluding carboxylic acids is 1. The van der Waals surface area contributed by atoms with Crippen molar-refractivity contribution in [2.24, 2.45) is 11.3 Å². The molecule has 0 N–H and O–H groups in total. The summed E-state index contributed by atoms with van der Waals surface area (Å²) in [6, 6.07) is 0. The van der Waals surface area contributed by atoms with Crippen molar-refractivity contribution in [2.75, 3.05) is 13.2 Å². The first-order valence-corrected chi connectivity index (χ1v) is 6.26. The molecule has 0 aromatic carbocycles. The quantitative estimate of drug-likeness (QED) is 0.679. The van der Waals surface area contributed by atoms with Crippen molar-refractivity contribution in [3.63, 3.8) is 0 Å². The van der Waals surface area contributed by atoms with Crippen LogP contribution in [0.1, 0.15) is 47.0 Å². The molecule has 3 nitrogen and oxygen atoms in total. The predicted octanol–water partition coefficient (Wildman–Crippen LogP) is 2.78. The molecule has 0 bridgehead atoms. The molecule has 94 valence electrons. The maximum absolute atomic E-state index is 11.9. The van der Waals surface area contributed by atoms with E-state index in [9.17, 15) is 4.79 Å². The largest absolute Gasteiger partial charge is 0.352 e. The third-order valence-electron chi connectivity index (χ3n) is 3.22. The Balaban J connectivity index is 2.68. The molecular formula is C13H24O3. The Kier molecular flexibility index (Phi) is 4.93. The van der Waals surface area contributed by atoms with Gasteiger partial charge in [-0.1, -0.05) is 13.8 Å². The Labute approximate surface area is 98.5 Å². The lowest BCUT2D eigenvalue weighted by atomic mass is 9.71.